The van der Waals surface area contributed by atoms with Gasteiger partial charge in [-0.15, -0.1) is 5.53 Å². The Kier molecular flexibility index (Phi) is 2.67. The fourth-order valence-corrected chi connectivity index (χ4v) is 2.24. The summed E-state index contributed by atoms with van der Waals surface area (Å²) in [6.07, 6.45) is 3.26. The van der Waals surface area contributed by atoms with Crippen molar-refractivity contribution in [3.63, 3.8) is 0 Å². The van der Waals surface area contributed by atoms with Gasteiger partial charge in [0, 0.05) is 39.2 Å². The number of piperidine rings is 1. The normalized spacial score (nSPS) is 32.2. The number of ketones is 1. The average molecular weight is 210 g/mol. The topological polar surface area (TPSA) is 47.6 Å². The Labute approximate surface area is 90.0 Å². The number of rotatable bonds is 1. The molecule has 5 heteroatoms. The molecule has 2 aliphatic rings. The molecule has 0 aromatic rings. The predicted molar refractivity (Wildman–Crippen MR) is 57.4 cm³/mol. The molecule has 2 heterocycles. The number of Topliss-reactive ketones (excluding diaryl/α,β-unsaturated/α-hetero) is 1. The second-order valence-electron chi connectivity index (χ2n) is 4.39. The molecule has 0 aromatic heterocycles. The fourth-order valence-electron chi connectivity index (χ4n) is 2.24. The summed E-state index contributed by atoms with van der Waals surface area (Å²) in [6.45, 7) is 2.05. The molecule has 0 radical (unpaired) electrons. The van der Waals surface area contributed by atoms with Crippen LogP contribution in [0.5, 0.6) is 0 Å². The number of likely N-dealkylation sites (N-methyl/N-ethyl adjacent to an activating group) is 1. The molecule has 2 atom stereocenters. The van der Waals surface area contributed by atoms with Crippen molar-refractivity contribution in [2.45, 2.75) is 31.8 Å². The molecule has 0 saturated carbocycles. The molecule has 2 aliphatic heterocycles. The van der Waals surface area contributed by atoms with E-state index in [9.17, 15) is 4.79 Å². The first-order chi connectivity index (χ1) is 7.06. The van der Waals surface area contributed by atoms with Gasteiger partial charge in [0.05, 0.1) is 11.7 Å². The van der Waals surface area contributed by atoms with Crippen LogP contribution in [-0.2, 0) is 4.79 Å². The highest BCUT2D eigenvalue weighted by atomic mass is 16.1. The molecular formula is C10H18N4O. The molecule has 5 nitrogen and oxygen atoms in total. The van der Waals surface area contributed by atoms with Gasteiger partial charge in [0.2, 0.25) is 0 Å². The lowest BCUT2D eigenvalue weighted by Crippen LogP contribution is -2.48. The summed E-state index contributed by atoms with van der Waals surface area (Å²) >= 11 is 0. The summed E-state index contributed by atoms with van der Waals surface area (Å²) in [7, 11) is 3.90. The molecule has 0 bridgehead atoms. The maximum atomic E-state index is 11.5. The molecular weight excluding hydrogens is 192 g/mol. The summed E-state index contributed by atoms with van der Waals surface area (Å²) in [6, 6.07) is 0.417. The van der Waals surface area contributed by atoms with Gasteiger partial charge < -0.3 is 5.32 Å². The molecule has 2 rings (SSSR count). The van der Waals surface area contributed by atoms with E-state index in [0.717, 1.165) is 5.70 Å². The van der Waals surface area contributed by atoms with Crippen molar-refractivity contribution in [1.82, 2.24) is 20.9 Å². The lowest BCUT2D eigenvalue weighted by molar-refractivity contribution is -0.121. The van der Waals surface area contributed by atoms with E-state index < -0.39 is 0 Å². The zero-order valence-electron chi connectivity index (χ0n) is 9.45. The van der Waals surface area contributed by atoms with Gasteiger partial charge in [0.25, 0.3) is 0 Å². The Bertz CT molecular complexity index is 302. The maximum Gasteiger partial charge on any atom is 0.136 e. The molecule has 15 heavy (non-hydrogen) atoms. The van der Waals surface area contributed by atoms with E-state index in [-0.39, 0.29) is 12.1 Å². The average Bonchev–Trinajstić information content (AvgIpc) is 2.43. The summed E-state index contributed by atoms with van der Waals surface area (Å²) < 4.78 is 0. The van der Waals surface area contributed by atoms with E-state index in [1.54, 1.807) is 0 Å². The molecule has 2 unspecified atom stereocenters. The van der Waals surface area contributed by atoms with Crippen molar-refractivity contribution in [2.75, 3.05) is 14.1 Å². The minimum atomic E-state index is 0.142. The van der Waals surface area contributed by atoms with Crippen LogP contribution in [0, 0.1) is 0 Å². The lowest BCUT2D eigenvalue weighted by atomic mass is 9.96. The Morgan fingerprint density at radius 3 is 2.67 bits per heavy atom. The number of hydrazine groups is 2. The molecule has 1 saturated heterocycles. The molecule has 1 fully saturated rings. The zero-order chi connectivity index (χ0) is 11.0. The highest BCUT2D eigenvalue weighted by Crippen LogP contribution is 2.20. The number of carbonyl (C=O) groups is 1. The van der Waals surface area contributed by atoms with Gasteiger partial charge in [0.15, 0.2) is 0 Å². The first kappa shape index (κ1) is 10.4. The Morgan fingerprint density at radius 2 is 2.13 bits per heavy atom. The van der Waals surface area contributed by atoms with Crippen molar-refractivity contribution < 1.29 is 4.79 Å². The lowest BCUT2D eigenvalue weighted by Gasteiger charge is -2.31. The van der Waals surface area contributed by atoms with E-state index in [1.165, 1.54) is 0 Å². The van der Waals surface area contributed by atoms with Crippen LogP contribution in [0.25, 0.3) is 0 Å². The van der Waals surface area contributed by atoms with Crippen LogP contribution in [-0.4, -0.2) is 42.0 Å². The SMILES string of the molecule is CC1CC(=O)CC(C2=CN(C)NN2C)N1. The third kappa shape index (κ3) is 2.13. The van der Waals surface area contributed by atoms with E-state index in [2.05, 4.69) is 17.8 Å². The standard InChI is InChI=1S/C10H18N4O/c1-7-4-8(15)5-9(11-7)10-6-13(2)12-14(10)3/h6-7,9,11-12H,4-5H2,1-3H3. The van der Waals surface area contributed by atoms with E-state index in [1.807, 2.05) is 30.3 Å². The zero-order valence-corrected chi connectivity index (χ0v) is 9.45. The molecule has 0 spiro atoms. The van der Waals surface area contributed by atoms with E-state index in [0.29, 0.717) is 18.6 Å². The minimum Gasteiger partial charge on any atom is -0.305 e. The molecule has 2 N–H and O–H groups in total. The summed E-state index contributed by atoms with van der Waals surface area (Å²) in [5.74, 6) is 0.343. The second kappa shape index (κ2) is 3.83. The van der Waals surface area contributed by atoms with Crippen molar-refractivity contribution in [3.05, 3.63) is 11.9 Å². The van der Waals surface area contributed by atoms with E-state index in [4.69, 9.17) is 0 Å². The van der Waals surface area contributed by atoms with Crippen LogP contribution in [0.3, 0.4) is 0 Å². The van der Waals surface area contributed by atoms with Gasteiger partial charge in [0.1, 0.15) is 5.78 Å². The van der Waals surface area contributed by atoms with Crippen molar-refractivity contribution >= 4 is 5.78 Å². The number of hydrogen-bond acceptors (Lipinski definition) is 5. The first-order valence-electron chi connectivity index (χ1n) is 5.28. The quantitative estimate of drug-likeness (QED) is 0.629. The van der Waals surface area contributed by atoms with Crippen molar-refractivity contribution in [2.24, 2.45) is 0 Å². The smallest absolute Gasteiger partial charge is 0.136 e. The summed E-state index contributed by atoms with van der Waals surface area (Å²) in [5.41, 5.74) is 4.24. The molecule has 0 aliphatic carbocycles. The van der Waals surface area contributed by atoms with Crippen LogP contribution in [0.15, 0.2) is 11.9 Å². The van der Waals surface area contributed by atoms with E-state index >= 15 is 0 Å². The van der Waals surface area contributed by atoms with Gasteiger partial charge in [-0.05, 0) is 6.92 Å². The number of carbonyl (C=O) groups excluding carboxylic acids is 1. The van der Waals surface area contributed by atoms with Crippen LogP contribution in [0.2, 0.25) is 0 Å². The monoisotopic (exact) mass is 210 g/mol. The Hall–Kier alpha value is -1.07. The van der Waals surface area contributed by atoms with Crippen LogP contribution >= 0.6 is 0 Å². The van der Waals surface area contributed by atoms with Crippen LogP contribution in [0.1, 0.15) is 19.8 Å². The molecule has 0 amide bonds. The van der Waals surface area contributed by atoms with Gasteiger partial charge >= 0.3 is 0 Å². The van der Waals surface area contributed by atoms with Crippen molar-refractivity contribution in [1.29, 1.82) is 0 Å². The second-order valence-corrected chi connectivity index (χ2v) is 4.39. The van der Waals surface area contributed by atoms with Gasteiger partial charge in [-0.3, -0.25) is 14.8 Å². The maximum absolute atomic E-state index is 11.5. The predicted octanol–water partition coefficient (Wildman–Crippen LogP) is -0.166. The molecule has 84 valence electrons. The van der Waals surface area contributed by atoms with Crippen molar-refractivity contribution in [3.8, 4) is 0 Å². The number of hydrogen-bond donors (Lipinski definition) is 2. The molecule has 0 aromatic carbocycles. The Balaban J connectivity index is 2.10. The largest absolute Gasteiger partial charge is 0.305 e. The Morgan fingerprint density at radius 1 is 1.40 bits per heavy atom. The van der Waals surface area contributed by atoms with Gasteiger partial charge in [-0.25, -0.2) is 0 Å². The third-order valence-electron chi connectivity index (χ3n) is 2.83. The highest BCUT2D eigenvalue weighted by Gasteiger charge is 2.30. The van der Waals surface area contributed by atoms with Gasteiger partial charge in [-0.2, -0.15) is 0 Å². The highest BCUT2D eigenvalue weighted by molar-refractivity contribution is 5.81. The summed E-state index contributed by atoms with van der Waals surface area (Å²) in [5, 5.41) is 7.28. The number of nitrogens with one attached hydrogen (secondary N) is 2. The van der Waals surface area contributed by atoms with Gasteiger partial charge in [-0.1, -0.05) is 0 Å². The fraction of sp³-hybridized carbons (Fsp3) is 0.700. The first-order valence-corrected chi connectivity index (χ1v) is 5.28. The number of nitrogens with zero attached hydrogens (tertiary/aromatic N) is 2. The summed E-state index contributed by atoms with van der Waals surface area (Å²) in [4.78, 5) is 11.5. The minimum absolute atomic E-state index is 0.142. The van der Waals surface area contributed by atoms with Crippen LogP contribution < -0.4 is 10.9 Å². The van der Waals surface area contributed by atoms with Crippen LogP contribution in [0.4, 0.5) is 0 Å². The third-order valence-corrected chi connectivity index (χ3v) is 2.83.